The van der Waals surface area contributed by atoms with Gasteiger partial charge in [-0.25, -0.2) is 0 Å². The molecular weight excluding hydrogens is 296 g/mol. The summed E-state index contributed by atoms with van der Waals surface area (Å²) in [5.74, 6) is 0.0272. The number of methoxy groups -OCH3 is 1. The third-order valence-corrected chi connectivity index (χ3v) is 5.60. The second-order valence-electron chi connectivity index (χ2n) is 7.01. The van der Waals surface area contributed by atoms with Crippen LogP contribution in [0.1, 0.15) is 36.8 Å². The number of ether oxygens (including phenoxy) is 1. The molecule has 2 atom stereocenters. The Morgan fingerprint density at radius 3 is 2.12 bits per heavy atom. The maximum Gasteiger partial charge on any atom is 0.308 e. The Bertz CT molecular complexity index is 735. The van der Waals surface area contributed by atoms with Crippen LogP contribution in [0.5, 0.6) is 0 Å². The van der Waals surface area contributed by atoms with Gasteiger partial charge in [-0.3, -0.25) is 4.79 Å². The highest BCUT2D eigenvalue weighted by molar-refractivity contribution is 5.86. The molecule has 0 N–H and O–H groups in total. The summed E-state index contributed by atoms with van der Waals surface area (Å²) in [5.41, 5.74) is 5.65. The number of carbonyl (C=O) groups excluding carboxylic acids is 1. The van der Waals surface area contributed by atoms with Crippen molar-refractivity contribution in [2.24, 2.45) is 11.3 Å². The summed E-state index contributed by atoms with van der Waals surface area (Å²) in [4.78, 5) is 11.9. The van der Waals surface area contributed by atoms with E-state index in [1.807, 2.05) is 0 Å². The van der Waals surface area contributed by atoms with E-state index in [2.05, 4.69) is 60.7 Å². The van der Waals surface area contributed by atoms with Crippen molar-refractivity contribution in [3.8, 4) is 0 Å². The van der Waals surface area contributed by atoms with Crippen molar-refractivity contribution in [1.29, 1.82) is 0 Å². The van der Waals surface area contributed by atoms with Crippen molar-refractivity contribution < 1.29 is 9.53 Å². The van der Waals surface area contributed by atoms with Crippen LogP contribution >= 0.6 is 0 Å². The molecule has 2 aliphatic carbocycles. The van der Waals surface area contributed by atoms with Crippen molar-refractivity contribution in [2.45, 2.75) is 25.7 Å². The van der Waals surface area contributed by atoms with Gasteiger partial charge in [0.05, 0.1) is 13.0 Å². The second kappa shape index (κ2) is 5.94. The van der Waals surface area contributed by atoms with Crippen LogP contribution in [0.15, 0.2) is 66.2 Å². The molecule has 0 aliphatic heterocycles. The topological polar surface area (TPSA) is 26.3 Å². The minimum Gasteiger partial charge on any atom is -0.469 e. The van der Waals surface area contributed by atoms with Crippen LogP contribution in [0, 0.1) is 11.3 Å². The van der Waals surface area contributed by atoms with E-state index in [0.717, 1.165) is 25.7 Å². The van der Waals surface area contributed by atoms with Gasteiger partial charge in [0.2, 0.25) is 0 Å². The minimum absolute atomic E-state index is 0.0425. The highest BCUT2D eigenvalue weighted by atomic mass is 16.5. The molecular formula is C22H22O2. The van der Waals surface area contributed by atoms with Crippen LogP contribution in [0.4, 0.5) is 0 Å². The van der Waals surface area contributed by atoms with Gasteiger partial charge in [0.1, 0.15) is 0 Å². The number of esters is 1. The Hall–Kier alpha value is -2.35. The van der Waals surface area contributed by atoms with Crippen LogP contribution < -0.4 is 0 Å². The number of rotatable bonds is 3. The molecule has 2 unspecified atom stereocenters. The summed E-state index contributed by atoms with van der Waals surface area (Å²) in [5, 5.41) is 0. The van der Waals surface area contributed by atoms with Gasteiger partial charge in [-0.1, -0.05) is 66.2 Å². The molecule has 122 valence electrons. The van der Waals surface area contributed by atoms with E-state index in [9.17, 15) is 4.79 Å². The lowest BCUT2D eigenvalue weighted by molar-refractivity contribution is -0.145. The molecule has 2 nitrogen and oxygen atoms in total. The van der Waals surface area contributed by atoms with Gasteiger partial charge < -0.3 is 4.74 Å². The van der Waals surface area contributed by atoms with E-state index >= 15 is 0 Å². The quantitative estimate of drug-likeness (QED) is 0.756. The second-order valence-corrected chi connectivity index (χ2v) is 7.01. The molecule has 4 rings (SSSR count). The number of hydrogen-bond acceptors (Lipinski definition) is 2. The molecule has 2 fully saturated rings. The average Bonchev–Trinajstić information content (AvgIpc) is 3.13. The first kappa shape index (κ1) is 15.2. The molecule has 24 heavy (non-hydrogen) atoms. The van der Waals surface area contributed by atoms with E-state index in [-0.39, 0.29) is 17.3 Å². The standard InChI is InChI=1S/C22H22O2/c1-24-21(23)18-12-13-22(14-18)15-19(22)20(16-8-4-2-5-9-16)17-10-6-3-7-11-17/h2-11,18H,12-15H2,1H3. The smallest absolute Gasteiger partial charge is 0.308 e. The van der Waals surface area contributed by atoms with Gasteiger partial charge >= 0.3 is 5.97 Å². The molecule has 1 spiro atoms. The molecule has 0 bridgehead atoms. The fourth-order valence-electron chi connectivity index (χ4n) is 4.30. The van der Waals surface area contributed by atoms with Crippen LogP contribution in [0.3, 0.4) is 0 Å². The van der Waals surface area contributed by atoms with Crippen LogP contribution in [-0.4, -0.2) is 13.1 Å². The molecule has 0 aromatic heterocycles. The van der Waals surface area contributed by atoms with Crippen LogP contribution in [0.25, 0.3) is 5.57 Å². The Kier molecular flexibility index (Phi) is 3.76. The number of allylic oxidation sites excluding steroid dienone is 1. The molecule has 2 aliphatic rings. The predicted molar refractivity (Wildman–Crippen MR) is 95.3 cm³/mol. The van der Waals surface area contributed by atoms with Crippen molar-refractivity contribution in [3.05, 3.63) is 77.4 Å². The summed E-state index contributed by atoms with van der Waals surface area (Å²) in [6, 6.07) is 21.3. The molecule has 2 aromatic rings. The molecule has 0 saturated heterocycles. The first-order valence-corrected chi connectivity index (χ1v) is 8.66. The number of hydrogen-bond donors (Lipinski definition) is 0. The fourth-order valence-corrected chi connectivity index (χ4v) is 4.30. The average molecular weight is 318 g/mol. The third-order valence-electron chi connectivity index (χ3n) is 5.60. The van der Waals surface area contributed by atoms with Gasteiger partial charge in [0, 0.05) is 0 Å². The van der Waals surface area contributed by atoms with Crippen molar-refractivity contribution in [3.63, 3.8) is 0 Å². The van der Waals surface area contributed by atoms with Crippen molar-refractivity contribution in [1.82, 2.24) is 0 Å². The summed E-state index contributed by atoms with van der Waals surface area (Å²) in [6.45, 7) is 0. The third kappa shape index (κ3) is 2.56. The highest BCUT2D eigenvalue weighted by Gasteiger charge is 2.56. The first-order chi connectivity index (χ1) is 11.7. The summed E-state index contributed by atoms with van der Waals surface area (Å²) in [7, 11) is 1.50. The van der Waals surface area contributed by atoms with Gasteiger partial charge in [-0.2, -0.15) is 0 Å². The molecule has 0 radical (unpaired) electrons. The Morgan fingerprint density at radius 1 is 1.00 bits per heavy atom. The molecule has 0 amide bonds. The minimum atomic E-state index is -0.0425. The van der Waals surface area contributed by atoms with E-state index in [1.54, 1.807) is 0 Å². The Balaban J connectivity index is 1.74. The largest absolute Gasteiger partial charge is 0.469 e. The summed E-state index contributed by atoms with van der Waals surface area (Å²) < 4.78 is 4.97. The Morgan fingerprint density at radius 2 is 1.58 bits per heavy atom. The Labute approximate surface area is 143 Å². The van der Waals surface area contributed by atoms with E-state index in [1.165, 1.54) is 29.4 Å². The van der Waals surface area contributed by atoms with Gasteiger partial charge in [-0.15, -0.1) is 0 Å². The van der Waals surface area contributed by atoms with Crippen LogP contribution in [-0.2, 0) is 9.53 Å². The lowest BCUT2D eigenvalue weighted by Gasteiger charge is -2.12. The zero-order valence-corrected chi connectivity index (χ0v) is 14.0. The van der Waals surface area contributed by atoms with Gasteiger partial charge in [0.15, 0.2) is 0 Å². The monoisotopic (exact) mass is 318 g/mol. The fraction of sp³-hybridized carbons (Fsp3) is 0.318. The number of carbonyl (C=O) groups is 1. The maximum atomic E-state index is 11.9. The van der Waals surface area contributed by atoms with Crippen molar-refractivity contribution in [2.75, 3.05) is 7.11 Å². The van der Waals surface area contributed by atoms with Crippen molar-refractivity contribution >= 4 is 11.5 Å². The normalized spacial score (nSPS) is 24.9. The van der Waals surface area contributed by atoms with E-state index < -0.39 is 0 Å². The van der Waals surface area contributed by atoms with Crippen LogP contribution in [0.2, 0.25) is 0 Å². The molecule has 2 heteroatoms. The summed E-state index contributed by atoms with van der Waals surface area (Å²) in [6.07, 6.45) is 4.11. The van der Waals surface area contributed by atoms with E-state index in [0.29, 0.717) is 0 Å². The first-order valence-electron chi connectivity index (χ1n) is 8.66. The molecule has 0 heterocycles. The summed E-state index contributed by atoms with van der Waals surface area (Å²) >= 11 is 0. The van der Waals surface area contributed by atoms with E-state index in [4.69, 9.17) is 4.74 Å². The predicted octanol–water partition coefficient (Wildman–Crippen LogP) is 4.85. The van der Waals surface area contributed by atoms with Gasteiger partial charge in [0.25, 0.3) is 0 Å². The van der Waals surface area contributed by atoms with Gasteiger partial charge in [-0.05, 0) is 47.8 Å². The zero-order valence-electron chi connectivity index (χ0n) is 14.0. The number of benzene rings is 2. The lowest BCUT2D eigenvalue weighted by atomic mass is 9.93. The zero-order chi connectivity index (χ0) is 16.6. The molecule has 2 saturated carbocycles. The maximum absolute atomic E-state index is 11.9. The molecule has 2 aromatic carbocycles. The SMILES string of the molecule is COC(=O)C1CCC2(CC2=C(c2ccccc2)c2ccccc2)C1. The lowest BCUT2D eigenvalue weighted by Crippen LogP contribution is -2.13. The highest BCUT2D eigenvalue weighted by Crippen LogP contribution is 2.66.